The summed E-state index contributed by atoms with van der Waals surface area (Å²) in [4.78, 5) is 13.0. The largest absolute Gasteiger partial charge is 0.497 e. The topological polar surface area (TPSA) is 84.9 Å². The number of rotatable bonds is 8. The number of methoxy groups -OCH3 is 2. The first-order chi connectivity index (χ1) is 15.3. The van der Waals surface area contributed by atoms with Crippen molar-refractivity contribution in [3.63, 3.8) is 0 Å². The molecule has 1 amide bonds. The molecular weight excluding hydrogens is 452 g/mol. The van der Waals surface area contributed by atoms with Crippen LogP contribution in [0.1, 0.15) is 5.56 Å². The average Bonchev–Trinajstić information content (AvgIpc) is 2.80. The third-order valence-corrected chi connectivity index (χ3v) is 6.76. The normalized spacial score (nSPS) is 11.0. The van der Waals surface area contributed by atoms with Crippen LogP contribution in [0.4, 0.5) is 11.4 Å². The summed E-state index contributed by atoms with van der Waals surface area (Å²) in [6.45, 7) is 1.34. The lowest BCUT2D eigenvalue weighted by molar-refractivity contribution is -0.114. The molecule has 0 heterocycles. The lowest BCUT2D eigenvalue weighted by Gasteiger charge is -2.26. The monoisotopic (exact) mass is 474 g/mol. The van der Waals surface area contributed by atoms with Crippen LogP contribution in [0.2, 0.25) is 5.02 Å². The molecule has 0 aromatic heterocycles. The van der Waals surface area contributed by atoms with Gasteiger partial charge in [-0.1, -0.05) is 35.9 Å². The number of amides is 1. The molecule has 0 aliphatic heterocycles. The Balaban J connectivity index is 2.03. The molecule has 32 heavy (non-hydrogen) atoms. The van der Waals surface area contributed by atoms with E-state index in [0.29, 0.717) is 16.5 Å². The predicted octanol–water partition coefficient (Wildman–Crippen LogP) is 4.50. The van der Waals surface area contributed by atoms with Gasteiger partial charge in [0.15, 0.2) is 0 Å². The first kappa shape index (κ1) is 23.4. The lowest BCUT2D eigenvalue weighted by Crippen LogP contribution is -2.38. The number of carbonyl (C=O) groups excluding carboxylic acids is 1. The number of aryl methyl sites for hydroxylation is 1. The molecule has 0 atom stereocenters. The van der Waals surface area contributed by atoms with E-state index in [-0.39, 0.29) is 16.3 Å². The molecule has 0 aliphatic rings. The van der Waals surface area contributed by atoms with Crippen molar-refractivity contribution in [3.05, 3.63) is 77.3 Å². The van der Waals surface area contributed by atoms with E-state index in [1.807, 2.05) is 6.92 Å². The summed E-state index contributed by atoms with van der Waals surface area (Å²) in [7, 11) is -1.17. The summed E-state index contributed by atoms with van der Waals surface area (Å²) >= 11 is 6.04. The Labute approximate surface area is 192 Å². The Kier molecular flexibility index (Phi) is 7.27. The zero-order valence-electron chi connectivity index (χ0n) is 17.8. The van der Waals surface area contributed by atoms with Crippen LogP contribution < -0.4 is 19.1 Å². The molecule has 3 aromatic rings. The highest BCUT2D eigenvalue weighted by molar-refractivity contribution is 7.92. The minimum Gasteiger partial charge on any atom is -0.497 e. The number of halogens is 1. The zero-order valence-corrected chi connectivity index (χ0v) is 19.4. The van der Waals surface area contributed by atoms with Crippen LogP contribution in [0.15, 0.2) is 71.6 Å². The van der Waals surface area contributed by atoms with Crippen molar-refractivity contribution in [3.8, 4) is 11.5 Å². The number of ether oxygens (including phenoxy) is 2. The number of nitrogens with one attached hydrogen (secondary N) is 1. The maximum Gasteiger partial charge on any atom is 0.264 e. The Morgan fingerprint density at radius 1 is 1.00 bits per heavy atom. The summed E-state index contributed by atoms with van der Waals surface area (Å²) in [6, 6.07) is 17.7. The van der Waals surface area contributed by atoms with Crippen LogP contribution in [-0.4, -0.2) is 35.1 Å². The van der Waals surface area contributed by atoms with Gasteiger partial charge in [0.25, 0.3) is 10.0 Å². The number of carbonyl (C=O) groups is 1. The van der Waals surface area contributed by atoms with Crippen molar-refractivity contribution in [2.24, 2.45) is 0 Å². The van der Waals surface area contributed by atoms with Gasteiger partial charge in [-0.2, -0.15) is 0 Å². The molecule has 0 bridgehead atoms. The van der Waals surface area contributed by atoms with Crippen LogP contribution >= 0.6 is 11.6 Å². The quantitative estimate of drug-likeness (QED) is 0.519. The summed E-state index contributed by atoms with van der Waals surface area (Å²) in [5.41, 5.74) is 1.50. The fourth-order valence-corrected chi connectivity index (χ4v) is 4.68. The second-order valence-corrected chi connectivity index (χ2v) is 9.17. The van der Waals surface area contributed by atoms with Crippen LogP contribution in [0.25, 0.3) is 0 Å². The molecule has 7 nitrogen and oxygen atoms in total. The van der Waals surface area contributed by atoms with Gasteiger partial charge in [-0.3, -0.25) is 9.10 Å². The molecule has 168 valence electrons. The van der Waals surface area contributed by atoms with Crippen LogP contribution in [0.5, 0.6) is 11.5 Å². The molecule has 3 aromatic carbocycles. The SMILES string of the molecule is COc1ccc(N(CC(=O)Nc2cc(Cl)ccc2C)S(=O)(=O)c2ccccc2)c(OC)c1. The molecule has 0 radical (unpaired) electrons. The van der Waals surface area contributed by atoms with E-state index in [1.54, 1.807) is 48.5 Å². The second-order valence-electron chi connectivity index (χ2n) is 6.87. The molecule has 0 spiro atoms. The highest BCUT2D eigenvalue weighted by Crippen LogP contribution is 2.35. The molecule has 1 N–H and O–H groups in total. The van der Waals surface area contributed by atoms with Crippen molar-refractivity contribution in [2.45, 2.75) is 11.8 Å². The molecule has 3 rings (SSSR count). The number of hydrogen-bond acceptors (Lipinski definition) is 5. The fraction of sp³-hybridized carbons (Fsp3) is 0.174. The van der Waals surface area contributed by atoms with E-state index in [0.717, 1.165) is 9.87 Å². The Bertz CT molecular complexity index is 1220. The van der Waals surface area contributed by atoms with Crippen LogP contribution in [0.3, 0.4) is 0 Å². The van der Waals surface area contributed by atoms with Crippen molar-refractivity contribution in [1.29, 1.82) is 0 Å². The van der Waals surface area contributed by atoms with E-state index in [2.05, 4.69) is 5.32 Å². The zero-order chi connectivity index (χ0) is 23.3. The van der Waals surface area contributed by atoms with Gasteiger partial charge < -0.3 is 14.8 Å². The number of benzene rings is 3. The van der Waals surface area contributed by atoms with Gasteiger partial charge in [-0.15, -0.1) is 0 Å². The maximum atomic E-state index is 13.5. The van der Waals surface area contributed by atoms with E-state index in [1.165, 1.54) is 32.4 Å². The minimum atomic E-state index is -4.09. The molecule has 0 saturated heterocycles. The molecule has 0 fully saturated rings. The highest BCUT2D eigenvalue weighted by atomic mass is 35.5. The third-order valence-electron chi connectivity index (χ3n) is 4.75. The van der Waals surface area contributed by atoms with E-state index in [4.69, 9.17) is 21.1 Å². The van der Waals surface area contributed by atoms with Crippen LogP contribution in [0, 0.1) is 6.92 Å². The second kappa shape index (κ2) is 9.93. The van der Waals surface area contributed by atoms with Gasteiger partial charge in [-0.05, 0) is 48.9 Å². The predicted molar refractivity (Wildman–Crippen MR) is 125 cm³/mol. The van der Waals surface area contributed by atoms with Crippen LogP contribution in [-0.2, 0) is 14.8 Å². The van der Waals surface area contributed by atoms with Crippen molar-refractivity contribution < 1.29 is 22.7 Å². The molecule has 0 unspecified atom stereocenters. The van der Waals surface area contributed by atoms with Crippen molar-refractivity contribution in [1.82, 2.24) is 0 Å². The highest BCUT2D eigenvalue weighted by Gasteiger charge is 2.29. The molecule has 0 saturated carbocycles. The number of sulfonamides is 1. The average molecular weight is 475 g/mol. The van der Waals surface area contributed by atoms with Gasteiger partial charge in [0, 0.05) is 16.8 Å². The third kappa shape index (κ3) is 5.15. The van der Waals surface area contributed by atoms with Gasteiger partial charge in [0.05, 0.1) is 24.8 Å². The maximum absolute atomic E-state index is 13.5. The summed E-state index contributed by atoms with van der Waals surface area (Å²) in [5.74, 6) is 0.199. The molecule has 0 aliphatic carbocycles. The number of anilines is 2. The molecule has 9 heteroatoms. The van der Waals surface area contributed by atoms with Crippen molar-refractivity contribution >= 4 is 38.9 Å². The van der Waals surface area contributed by atoms with Gasteiger partial charge in [-0.25, -0.2) is 8.42 Å². The summed E-state index contributed by atoms with van der Waals surface area (Å²) in [6.07, 6.45) is 0. The number of hydrogen-bond donors (Lipinski definition) is 1. The van der Waals surface area contributed by atoms with Gasteiger partial charge in [0.2, 0.25) is 5.91 Å². The van der Waals surface area contributed by atoms with E-state index in [9.17, 15) is 13.2 Å². The van der Waals surface area contributed by atoms with E-state index >= 15 is 0 Å². The molecular formula is C23H23ClN2O5S. The summed E-state index contributed by atoms with van der Waals surface area (Å²) < 4.78 is 38.6. The Morgan fingerprint density at radius 3 is 2.38 bits per heavy atom. The van der Waals surface area contributed by atoms with Gasteiger partial charge in [0.1, 0.15) is 18.0 Å². The first-order valence-electron chi connectivity index (χ1n) is 9.62. The van der Waals surface area contributed by atoms with E-state index < -0.39 is 22.5 Å². The van der Waals surface area contributed by atoms with Crippen molar-refractivity contribution in [2.75, 3.05) is 30.4 Å². The smallest absolute Gasteiger partial charge is 0.264 e. The standard InChI is InChI=1S/C23H23ClN2O5S/c1-16-9-10-17(24)13-20(16)25-23(27)15-26(32(28,29)19-7-5-4-6-8-19)21-12-11-18(30-2)14-22(21)31-3/h4-14H,15H2,1-3H3,(H,25,27). The van der Waals surface area contributed by atoms with Gasteiger partial charge >= 0.3 is 0 Å². The first-order valence-corrected chi connectivity index (χ1v) is 11.4. The minimum absolute atomic E-state index is 0.0459. The Hall–Kier alpha value is -3.23. The Morgan fingerprint density at radius 2 is 1.72 bits per heavy atom. The lowest BCUT2D eigenvalue weighted by atomic mass is 10.2. The number of nitrogens with zero attached hydrogens (tertiary/aromatic N) is 1. The fourth-order valence-electron chi connectivity index (χ4n) is 3.06. The summed E-state index contributed by atoms with van der Waals surface area (Å²) in [5, 5.41) is 3.19.